The molecule has 2 heterocycles. The Morgan fingerprint density at radius 2 is 1.96 bits per heavy atom. The Hall–Kier alpha value is -2.15. The van der Waals surface area contributed by atoms with Crippen molar-refractivity contribution in [3.8, 4) is 0 Å². The van der Waals surface area contributed by atoms with Crippen LogP contribution in [-0.4, -0.2) is 22.2 Å². The highest BCUT2D eigenvalue weighted by Gasteiger charge is 2.50. The van der Waals surface area contributed by atoms with Gasteiger partial charge in [0.1, 0.15) is 0 Å². The molecule has 0 fully saturated rings. The van der Waals surface area contributed by atoms with Gasteiger partial charge in [-0.25, -0.2) is 9.59 Å². The van der Waals surface area contributed by atoms with Crippen molar-refractivity contribution in [2.24, 2.45) is 4.99 Å². The van der Waals surface area contributed by atoms with Gasteiger partial charge in [-0.1, -0.05) is 35.8 Å². The molecule has 1 atom stereocenters. The van der Waals surface area contributed by atoms with E-state index in [1.54, 1.807) is 17.5 Å². The number of nitrogens with zero attached hydrogens (tertiary/aromatic N) is 1. The Balaban J connectivity index is 2.55. The number of benzene rings is 1. The molecule has 0 spiro atoms. The molecular weight excluding hydrogens is 373 g/mol. The lowest BCUT2D eigenvalue weighted by molar-refractivity contribution is -0.141. The van der Waals surface area contributed by atoms with Crippen LogP contribution in [0, 0.1) is 0 Å². The van der Waals surface area contributed by atoms with E-state index in [-0.39, 0.29) is 31.8 Å². The Morgan fingerprint density at radius 1 is 1.25 bits per heavy atom. The van der Waals surface area contributed by atoms with Gasteiger partial charge in [0.25, 0.3) is 0 Å². The second-order valence-corrected chi connectivity index (χ2v) is 6.84. The number of fused-ring (bicyclic) bond motifs is 1. The highest BCUT2D eigenvalue weighted by Crippen LogP contribution is 2.42. The van der Waals surface area contributed by atoms with Gasteiger partial charge in [-0.15, -0.1) is 11.3 Å². The van der Waals surface area contributed by atoms with Crippen LogP contribution in [0.4, 0.5) is 0 Å². The first-order valence-corrected chi connectivity index (χ1v) is 8.22. The Kier molecular flexibility index (Phi) is 3.99. The van der Waals surface area contributed by atoms with E-state index in [9.17, 15) is 19.8 Å². The zero-order chi connectivity index (χ0) is 17.6. The van der Waals surface area contributed by atoms with Crippen LogP contribution in [0.15, 0.2) is 46.8 Å². The van der Waals surface area contributed by atoms with Crippen LogP contribution in [0.25, 0.3) is 5.57 Å². The molecule has 1 unspecified atom stereocenters. The maximum atomic E-state index is 12.2. The van der Waals surface area contributed by atoms with Crippen LogP contribution < -0.4 is 10.6 Å². The molecule has 0 amide bonds. The quantitative estimate of drug-likeness (QED) is 0.796. The zero-order valence-electron chi connectivity index (χ0n) is 11.9. The lowest BCUT2D eigenvalue weighted by Gasteiger charge is -2.24. The summed E-state index contributed by atoms with van der Waals surface area (Å²) in [5.74, 6) is -2.66. The molecule has 0 bridgehead atoms. The van der Waals surface area contributed by atoms with Crippen molar-refractivity contribution in [2.75, 3.05) is 0 Å². The van der Waals surface area contributed by atoms with Crippen LogP contribution >= 0.6 is 34.5 Å². The zero-order valence-corrected chi connectivity index (χ0v) is 14.2. The van der Waals surface area contributed by atoms with E-state index in [0.29, 0.717) is 4.88 Å². The summed E-state index contributed by atoms with van der Waals surface area (Å²) in [5, 5.41) is 21.9. The number of hydrogen-bond donors (Lipinski definition) is 2. The number of halogens is 2. The maximum Gasteiger partial charge on any atom is 0.341 e. The number of aliphatic carboxylic acids is 2. The molecule has 122 valence electrons. The van der Waals surface area contributed by atoms with Gasteiger partial charge in [-0.2, -0.15) is 0 Å². The summed E-state index contributed by atoms with van der Waals surface area (Å²) in [7, 11) is 0. The highest BCUT2D eigenvalue weighted by molar-refractivity contribution is 7.10. The van der Waals surface area contributed by atoms with Gasteiger partial charge in [0.05, 0.1) is 16.0 Å². The average molecular weight is 382 g/mol. The minimum atomic E-state index is -1.92. The van der Waals surface area contributed by atoms with E-state index in [2.05, 4.69) is 11.6 Å². The first-order chi connectivity index (χ1) is 11.3. The number of hydrogen-bond acceptors (Lipinski definition) is 4. The molecule has 1 aromatic carbocycles. The van der Waals surface area contributed by atoms with E-state index in [1.165, 1.54) is 12.1 Å². The molecule has 0 saturated heterocycles. The van der Waals surface area contributed by atoms with Crippen molar-refractivity contribution in [1.29, 1.82) is 0 Å². The summed E-state index contributed by atoms with van der Waals surface area (Å²) < 4.78 is 0. The lowest BCUT2D eigenvalue weighted by Crippen LogP contribution is -2.36. The van der Waals surface area contributed by atoms with Gasteiger partial charge < -0.3 is 10.2 Å². The standard InChI is InChI=1S/C16H9Cl2NO4S/c1-7(14(20)21)13-12-9(18)5-8(17)6-10(12)19-16(13,15(22)23)11-3-2-4-24-11/h2-6H,1H2,(H,20,21)(H,22,23). The number of carboxylic acids is 2. The third-order valence-corrected chi connectivity index (χ3v) is 5.18. The van der Waals surface area contributed by atoms with Gasteiger partial charge in [0.2, 0.25) is 5.54 Å². The van der Waals surface area contributed by atoms with Crippen molar-refractivity contribution >= 4 is 52.1 Å². The number of thiophene rings is 1. The fourth-order valence-electron chi connectivity index (χ4n) is 2.71. The Morgan fingerprint density at radius 3 is 2.50 bits per heavy atom. The largest absolute Gasteiger partial charge is 0.479 e. The third kappa shape index (κ3) is 2.26. The summed E-state index contributed by atoms with van der Waals surface area (Å²) in [5.41, 5.74) is -2.35. The van der Waals surface area contributed by atoms with E-state index < -0.39 is 17.5 Å². The molecular formula is C16H9Cl2NO4S. The summed E-state index contributed by atoms with van der Waals surface area (Å²) in [6.45, 7) is 3.54. The van der Waals surface area contributed by atoms with Crippen LogP contribution in [0.1, 0.15) is 4.88 Å². The summed E-state index contributed by atoms with van der Waals surface area (Å²) in [6.07, 6.45) is 0. The van der Waals surface area contributed by atoms with Gasteiger partial charge in [0, 0.05) is 20.7 Å². The molecule has 2 aromatic rings. The summed E-state index contributed by atoms with van der Waals surface area (Å²) in [6, 6.07) is 6.12. The molecule has 2 N–H and O–H groups in total. The minimum absolute atomic E-state index is 0.0541. The molecule has 0 aliphatic carbocycles. The van der Waals surface area contributed by atoms with Crippen LogP contribution in [0.3, 0.4) is 0 Å². The van der Waals surface area contributed by atoms with Crippen molar-refractivity contribution in [3.63, 3.8) is 0 Å². The maximum absolute atomic E-state index is 12.2. The minimum Gasteiger partial charge on any atom is -0.479 e. The van der Waals surface area contributed by atoms with Crippen molar-refractivity contribution < 1.29 is 19.8 Å². The van der Waals surface area contributed by atoms with Crippen molar-refractivity contribution in [2.45, 2.75) is 5.54 Å². The average Bonchev–Trinajstić information content (AvgIpc) is 3.11. The Bertz CT molecular complexity index is 1010. The highest BCUT2D eigenvalue weighted by atomic mass is 35.5. The van der Waals surface area contributed by atoms with Gasteiger partial charge in [-0.05, 0) is 23.6 Å². The van der Waals surface area contributed by atoms with Crippen LogP contribution in [0.2, 0.25) is 10.0 Å². The topological polar surface area (TPSA) is 87.0 Å². The SMILES string of the molecule is C=C(C(=O)O)C1=c2c(Cl)cc(Cl)cc2=NC1(C(=O)O)c1cccs1. The monoisotopic (exact) mass is 381 g/mol. The lowest BCUT2D eigenvalue weighted by atomic mass is 9.84. The number of rotatable bonds is 4. The van der Waals surface area contributed by atoms with Crippen molar-refractivity contribution in [3.05, 3.63) is 67.3 Å². The predicted molar refractivity (Wildman–Crippen MR) is 91.1 cm³/mol. The summed E-state index contributed by atoms with van der Waals surface area (Å²) >= 11 is 13.4. The molecule has 3 rings (SSSR count). The van der Waals surface area contributed by atoms with E-state index in [0.717, 1.165) is 11.3 Å². The Labute approximate surface area is 149 Å². The van der Waals surface area contributed by atoms with E-state index >= 15 is 0 Å². The van der Waals surface area contributed by atoms with Gasteiger partial charge in [-0.3, -0.25) is 4.99 Å². The molecule has 0 saturated carbocycles. The molecule has 1 aromatic heterocycles. The predicted octanol–water partition coefficient (Wildman–Crippen LogP) is 2.46. The van der Waals surface area contributed by atoms with Crippen molar-refractivity contribution in [1.82, 2.24) is 0 Å². The normalized spacial score (nSPS) is 18.8. The molecule has 5 nitrogen and oxygen atoms in total. The van der Waals surface area contributed by atoms with Gasteiger partial charge in [0.15, 0.2) is 0 Å². The van der Waals surface area contributed by atoms with E-state index in [1.807, 2.05) is 0 Å². The fourth-order valence-corrected chi connectivity index (χ4v) is 4.16. The molecule has 0 radical (unpaired) electrons. The second-order valence-electron chi connectivity index (χ2n) is 5.05. The molecule has 1 aliphatic rings. The number of carboxylic acid groups (broad SMARTS) is 2. The molecule has 24 heavy (non-hydrogen) atoms. The van der Waals surface area contributed by atoms with Crippen LogP contribution in [0.5, 0.6) is 0 Å². The second kappa shape index (κ2) is 5.73. The molecule has 8 heteroatoms. The first kappa shape index (κ1) is 16.7. The molecule has 1 aliphatic heterocycles. The summed E-state index contributed by atoms with van der Waals surface area (Å²) in [4.78, 5) is 28.4. The third-order valence-electron chi connectivity index (χ3n) is 3.68. The first-order valence-electron chi connectivity index (χ1n) is 6.58. The van der Waals surface area contributed by atoms with Gasteiger partial charge >= 0.3 is 11.9 Å². The van der Waals surface area contributed by atoms with E-state index in [4.69, 9.17) is 23.2 Å². The number of carbonyl (C=O) groups is 2. The van der Waals surface area contributed by atoms with Crippen LogP contribution in [-0.2, 0) is 15.1 Å². The fraction of sp³-hybridized carbons (Fsp3) is 0.0625. The smallest absolute Gasteiger partial charge is 0.341 e.